The smallest absolute Gasteiger partial charge is 0.213 e. The maximum Gasteiger partial charge on any atom is 0.213 e. The van der Waals surface area contributed by atoms with Crippen molar-refractivity contribution in [3.8, 4) is 5.88 Å². The Morgan fingerprint density at radius 1 is 1.39 bits per heavy atom. The largest absolute Gasteiger partial charge is 0.472 e. The Hall–Kier alpha value is -1.73. The molecule has 122 valence electrons. The molecule has 2 aliphatic rings. The topological polar surface area (TPSA) is 60.4 Å². The normalized spacial score (nSPS) is 27.5. The standard InChI is InChI=1S/C16H20N4O2S/c1-12-18-19-15(23-12)20-8-4-6-16(11-20)9-13(10-21-16)22-14-5-2-3-7-17-14/h2-3,5,7,13H,4,6,8-11H2,1H3/t13-,16-/m0/s1. The Morgan fingerprint density at radius 3 is 3.13 bits per heavy atom. The number of piperidine rings is 1. The highest BCUT2D eigenvalue weighted by Gasteiger charge is 2.45. The Balaban J connectivity index is 1.42. The predicted molar refractivity (Wildman–Crippen MR) is 88.0 cm³/mol. The highest BCUT2D eigenvalue weighted by atomic mass is 32.1. The van der Waals surface area contributed by atoms with Crippen LogP contribution in [0.15, 0.2) is 24.4 Å². The van der Waals surface area contributed by atoms with Crippen molar-refractivity contribution in [3.63, 3.8) is 0 Å². The number of ether oxygens (including phenoxy) is 2. The minimum Gasteiger partial charge on any atom is -0.472 e. The van der Waals surface area contributed by atoms with E-state index in [0.29, 0.717) is 12.5 Å². The van der Waals surface area contributed by atoms with Gasteiger partial charge in [-0.25, -0.2) is 4.98 Å². The minimum absolute atomic E-state index is 0.0704. The first-order chi connectivity index (χ1) is 11.2. The van der Waals surface area contributed by atoms with E-state index in [9.17, 15) is 0 Å². The summed E-state index contributed by atoms with van der Waals surface area (Å²) in [4.78, 5) is 6.54. The first kappa shape index (κ1) is 14.8. The highest BCUT2D eigenvalue weighted by Crippen LogP contribution is 2.38. The molecule has 2 fully saturated rings. The van der Waals surface area contributed by atoms with Gasteiger partial charge in [-0.05, 0) is 25.8 Å². The van der Waals surface area contributed by atoms with E-state index < -0.39 is 0 Å². The van der Waals surface area contributed by atoms with Gasteiger partial charge in [0, 0.05) is 31.8 Å². The van der Waals surface area contributed by atoms with Gasteiger partial charge in [0.1, 0.15) is 11.1 Å². The SMILES string of the molecule is Cc1nnc(N2CCC[C@]3(C[C@H](Oc4ccccn4)CO3)C2)s1. The summed E-state index contributed by atoms with van der Waals surface area (Å²) in [5.41, 5.74) is -0.128. The lowest BCUT2D eigenvalue weighted by atomic mass is 9.89. The first-order valence-electron chi connectivity index (χ1n) is 7.99. The van der Waals surface area contributed by atoms with Crippen molar-refractivity contribution in [2.24, 2.45) is 0 Å². The summed E-state index contributed by atoms with van der Waals surface area (Å²) in [7, 11) is 0. The quantitative estimate of drug-likeness (QED) is 0.860. The van der Waals surface area contributed by atoms with Gasteiger partial charge in [-0.3, -0.25) is 0 Å². The van der Waals surface area contributed by atoms with Crippen molar-refractivity contribution in [3.05, 3.63) is 29.4 Å². The van der Waals surface area contributed by atoms with Crippen LogP contribution >= 0.6 is 11.3 Å². The molecule has 0 unspecified atom stereocenters. The summed E-state index contributed by atoms with van der Waals surface area (Å²) in [5.74, 6) is 0.672. The molecule has 4 rings (SSSR count). The number of aryl methyl sites for hydroxylation is 1. The van der Waals surface area contributed by atoms with Gasteiger partial charge in [0.25, 0.3) is 0 Å². The molecule has 4 heterocycles. The monoisotopic (exact) mass is 332 g/mol. The zero-order valence-corrected chi connectivity index (χ0v) is 14.0. The Kier molecular flexibility index (Phi) is 3.90. The van der Waals surface area contributed by atoms with E-state index in [4.69, 9.17) is 9.47 Å². The van der Waals surface area contributed by atoms with Crippen LogP contribution in [0.5, 0.6) is 5.88 Å². The van der Waals surface area contributed by atoms with Crippen molar-refractivity contribution in [2.45, 2.75) is 37.9 Å². The molecule has 0 N–H and O–H groups in total. The number of pyridine rings is 1. The molecule has 23 heavy (non-hydrogen) atoms. The summed E-state index contributed by atoms with van der Waals surface area (Å²) >= 11 is 1.65. The summed E-state index contributed by atoms with van der Waals surface area (Å²) in [6, 6.07) is 5.72. The number of rotatable bonds is 3. The molecule has 0 aromatic carbocycles. The number of nitrogens with zero attached hydrogens (tertiary/aromatic N) is 4. The molecule has 7 heteroatoms. The Labute approximate surface area is 139 Å². The van der Waals surface area contributed by atoms with E-state index in [1.54, 1.807) is 17.5 Å². The van der Waals surface area contributed by atoms with Gasteiger partial charge in [-0.15, -0.1) is 10.2 Å². The van der Waals surface area contributed by atoms with Crippen LogP contribution in [-0.2, 0) is 4.74 Å². The molecule has 0 amide bonds. The van der Waals surface area contributed by atoms with Crippen LogP contribution in [0.3, 0.4) is 0 Å². The molecule has 2 aliphatic heterocycles. The molecule has 2 aromatic rings. The third-order valence-electron chi connectivity index (χ3n) is 4.43. The van der Waals surface area contributed by atoms with Gasteiger partial charge in [-0.1, -0.05) is 17.4 Å². The van der Waals surface area contributed by atoms with Crippen LogP contribution in [-0.4, -0.2) is 46.6 Å². The lowest BCUT2D eigenvalue weighted by molar-refractivity contribution is -0.00822. The zero-order chi connectivity index (χ0) is 15.7. The summed E-state index contributed by atoms with van der Waals surface area (Å²) in [6.45, 7) is 4.50. The molecule has 2 saturated heterocycles. The van der Waals surface area contributed by atoms with Crippen LogP contribution in [0, 0.1) is 6.92 Å². The molecule has 0 bridgehead atoms. The van der Waals surface area contributed by atoms with Crippen molar-refractivity contribution in [1.29, 1.82) is 0 Å². The van der Waals surface area contributed by atoms with Crippen molar-refractivity contribution in [2.75, 3.05) is 24.6 Å². The molecule has 0 saturated carbocycles. The molecular weight excluding hydrogens is 312 g/mol. The molecule has 2 aromatic heterocycles. The van der Waals surface area contributed by atoms with Crippen molar-refractivity contribution < 1.29 is 9.47 Å². The summed E-state index contributed by atoms with van der Waals surface area (Å²) in [6.07, 6.45) is 4.90. The van der Waals surface area contributed by atoms with E-state index >= 15 is 0 Å². The van der Waals surface area contributed by atoms with Gasteiger partial charge in [0.2, 0.25) is 11.0 Å². The fraction of sp³-hybridized carbons (Fsp3) is 0.562. The van der Waals surface area contributed by atoms with E-state index in [1.165, 1.54) is 0 Å². The lowest BCUT2D eigenvalue weighted by Gasteiger charge is -2.39. The van der Waals surface area contributed by atoms with Gasteiger partial charge >= 0.3 is 0 Å². The minimum atomic E-state index is -0.128. The van der Waals surface area contributed by atoms with Crippen LogP contribution in [0.25, 0.3) is 0 Å². The number of anilines is 1. The van der Waals surface area contributed by atoms with Crippen molar-refractivity contribution in [1.82, 2.24) is 15.2 Å². The average Bonchev–Trinajstić information content (AvgIpc) is 3.16. The van der Waals surface area contributed by atoms with Gasteiger partial charge < -0.3 is 14.4 Å². The number of hydrogen-bond acceptors (Lipinski definition) is 7. The van der Waals surface area contributed by atoms with Crippen molar-refractivity contribution >= 4 is 16.5 Å². The number of hydrogen-bond donors (Lipinski definition) is 0. The van der Waals surface area contributed by atoms with Crippen LogP contribution in [0.4, 0.5) is 5.13 Å². The van der Waals surface area contributed by atoms with E-state index in [-0.39, 0.29) is 11.7 Å². The molecule has 0 radical (unpaired) electrons. The third-order valence-corrected chi connectivity index (χ3v) is 5.33. The fourth-order valence-corrected chi connectivity index (χ4v) is 4.14. The van der Waals surface area contributed by atoms with E-state index in [1.807, 2.05) is 25.1 Å². The zero-order valence-electron chi connectivity index (χ0n) is 13.1. The number of aromatic nitrogens is 3. The Morgan fingerprint density at radius 2 is 2.35 bits per heavy atom. The van der Waals surface area contributed by atoms with E-state index in [2.05, 4.69) is 20.1 Å². The maximum atomic E-state index is 6.19. The molecule has 2 atom stereocenters. The summed E-state index contributed by atoms with van der Waals surface area (Å²) < 4.78 is 12.2. The maximum absolute atomic E-state index is 6.19. The molecule has 0 aliphatic carbocycles. The van der Waals surface area contributed by atoms with Gasteiger partial charge in [0.05, 0.1) is 12.2 Å². The van der Waals surface area contributed by atoms with Crippen LogP contribution < -0.4 is 9.64 Å². The van der Waals surface area contributed by atoms with Gasteiger partial charge in [-0.2, -0.15) is 0 Å². The lowest BCUT2D eigenvalue weighted by Crippen LogP contribution is -2.48. The second-order valence-electron chi connectivity index (χ2n) is 6.23. The Bertz CT molecular complexity index is 665. The molecular formula is C16H20N4O2S. The second-order valence-corrected chi connectivity index (χ2v) is 7.39. The fourth-order valence-electron chi connectivity index (χ4n) is 3.43. The average molecular weight is 332 g/mol. The molecule has 6 nitrogen and oxygen atoms in total. The highest BCUT2D eigenvalue weighted by molar-refractivity contribution is 7.15. The predicted octanol–water partition coefficient (Wildman–Crippen LogP) is 2.45. The third kappa shape index (κ3) is 3.16. The summed E-state index contributed by atoms with van der Waals surface area (Å²) in [5, 5.41) is 10.4. The second kappa shape index (κ2) is 6.05. The van der Waals surface area contributed by atoms with Gasteiger partial charge in [0.15, 0.2) is 0 Å². The molecule has 1 spiro atoms. The van der Waals surface area contributed by atoms with E-state index in [0.717, 1.165) is 42.5 Å². The van der Waals surface area contributed by atoms with Crippen LogP contribution in [0.2, 0.25) is 0 Å². The van der Waals surface area contributed by atoms with Crippen LogP contribution in [0.1, 0.15) is 24.3 Å². The first-order valence-corrected chi connectivity index (χ1v) is 8.81.